The third-order valence-corrected chi connectivity index (χ3v) is 6.17. The molecular formula is C20H22FN3O5. The molecule has 29 heavy (non-hydrogen) atoms. The van der Waals surface area contributed by atoms with Crippen molar-refractivity contribution in [2.75, 3.05) is 11.9 Å². The Kier molecular flexibility index (Phi) is 4.65. The zero-order valence-electron chi connectivity index (χ0n) is 15.9. The highest BCUT2D eigenvalue weighted by Crippen LogP contribution is 2.53. The van der Waals surface area contributed by atoms with Crippen molar-refractivity contribution >= 4 is 29.4 Å². The van der Waals surface area contributed by atoms with Crippen molar-refractivity contribution in [1.29, 1.82) is 0 Å². The lowest BCUT2D eigenvalue weighted by Gasteiger charge is -2.29. The lowest BCUT2D eigenvalue weighted by Crippen LogP contribution is -2.53. The van der Waals surface area contributed by atoms with Gasteiger partial charge in [-0.05, 0) is 31.0 Å². The number of carbonyl (C=O) groups excluding carboxylic acids is 3. The van der Waals surface area contributed by atoms with Crippen LogP contribution < -0.4 is 10.6 Å². The summed E-state index contributed by atoms with van der Waals surface area (Å²) in [5.74, 6) is -4.88. The molecule has 3 N–H and O–H groups in total. The number of nitrogens with one attached hydrogen (secondary N) is 2. The van der Waals surface area contributed by atoms with Gasteiger partial charge in [0.1, 0.15) is 11.4 Å². The summed E-state index contributed by atoms with van der Waals surface area (Å²) in [4.78, 5) is 51.7. The number of hydrogen-bond acceptors (Lipinski definition) is 5. The maximum absolute atomic E-state index is 14.0. The number of carbonyl (C=O) groups is 4. The summed E-state index contributed by atoms with van der Waals surface area (Å²) in [6.07, 6.45) is 1.28. The van der Waals surface area contributed by atoms with Gasteiger partial charge in [-0.15, -0.1) is 0 Å². The Morgan fingerprint density at radius 2 is 2.03 bits per heavy atom. The molecule has 3 heterocycles. The van der Waals surface area contributed by atoms with Crippen molar-refractivity contribution in [3.05, 3.63) is 29.6 Å². The molecule has 2 fully saturated rings. The van der Waals surface area contributed by atoms with Gasteiger partial charge in [0.25, 0.3) is 0 Å². The Morgan fingerprint density at radius 3 is 2.72 bits per heavy atom. The fourth-order valence-corrected chi connectivity index (χ4v) is 4.90. The van der Waals surface area contributed by atoms with Gasteiger partial charge >= 0.3 is 5.97 Å². The van der Waals surface area contributed by atoms with Gasteiger partial charge in [-0.2, -0.15) is 0 Å². The topological polar surface area (TPSA) is 116 Å². The van der Waals surface area contributed by atoms with Crippen LogP contribution in [0.3, 0.4) is 0 Å². The second kappa shape index (κ2) is 6.91. The molecule has 0 saturated carbocycles. The molecule has 9 heteroatoms. The highest BCUT2D eigenvalue weighted by Gasteiger charge is 2.70. The average Bonchev–Trinajstić information content (AvgIpc) is 3.24. The molecule has 1 spiro atoms. The number of imide groups is 1. The molecule has 3 aliphatic rings. The Balaban J connectivity index is 1.81. The van der Waals surface area contributed by atoms with Gasteiger partial charge in [0.15, 0.2) is 0 Å². The predicted octanol–water partition coefficient (Wildman–Crippen LogP) is 1.21. The van der Waals surface area contributed by atoms with E-state index in [4.69, 9.17) is 5.11 Å². The summed E-state index contributed by atoms with van der Waals surface area (Å²) < 4.78 is 14.0. The number of nitrogens with zero attached hydrogens (tertiary/aromatic N) is 1. The summed E-state index contributed by atoms with van der Waals surface area (Å²) in [5, 5.41) is 14.9. The molecule has 0 radical (unpaired) electrons. The molecule has 3 amide bonds. The van der Waals surface area contributed by atoms with E-state index < -0.39 is 52.9 Å². The minimum atomic E-state index is -1.58. The van der Waals surface area contributed by atoms with Crippen LogP contribution in [0.1, 0.15) is 38.2 Å². The average molecular weight is 403 g/mol. The molecule has 0 aromatic heterocycles. The fourth-order valence-electron chi connectivity index (χ4n) is 4.90. The number of carboxylic acid groups (broad SMARTS) is 1. The predicted molar refractivity (Wildman–Crippen MR) is 99.1 cm³/mol. The summed E-state index contributed by atoms with van der Waals surface area (Å²) >= 11 is 0. The molecule has 1 aromatic rings. The number of halogens is 1. The van der Waals surface area contributed by atoms with Gasteiger partial charge in [0.05, 0.1) is 11.8 Å². The van der Waals surface area contributed by atoms with Crippen LogP contribution in [0.5, 0.6) is 0 Å². The molecule has 4 unspecified atom stereocenters. The van der Waals surface area contributed by atoms with E-state index in [1.807, 2.05) is 6.92 Å². The SMILES string of the molecule is CCCCN1C(=O)C2C(CCC(=O)O)NC3(C(=O)Nc4ccc(F)cc43)C2C1=O. The van der Waals surface area contributed by atoms with Gasteiger partial charge in [-0.25, -0.2) is 4.39 Å². The van der Waals surface area contributed by atoms with E-state index in [0.29, 0.717) is 12.1 Å². The highest BCUT2D eigenvalue weighted by molar-refractivity contribution is 6.15. The van der Waals surface area contributed by atoms with Crippen LogP contribution in [0.4, 0.5) is 10.1 Å². The zero-order chi connectivity index (χ0) is 20.9. The van der Waals surface area contributed by atoms with Crippen LogP contribution >= 0.6 is 0 Å². The van der Waals surface area contributed by atoms with Crippen LogP contribution in [0.25, 0.3) is 0 Å². The van der Waals surface area contributed by atoms with Crippen molar-refractivity contribution < 1.29 is 28.7 Å². The number of carboxylic acids is 1. The standard InChI is InChI=1S/C20H22FN3O5/c1-2-3-8-24-17(27)15-13(6-7-14(25)26)23-20(16(15)18(24)28)11-9-10(21)4-5-12(11)22-19(20)29/h4-5,9,13,15-16,23H,2-3,6-8H2,1H3,(H,22,29)(H,25,26). The van der Waals surface area contributed by atoms with Crippen molar-refractivity contribution in [2.45, 2.75) is 44.2 Å². The van der Waals surface area contributed by atoms with E-state index in [0.717, 1.165) is 6.42 Å². The fraction of sp³-hybridized carbons (Fsp3) is 0.500. The molecule has 4 rings (SSSR count). The van der Waals surface area contributed by atoms with E-state index in [1.165, 1.54) is 23.1 Å². The number of likely N-dealkylation sites (tertiary alicyclic amines) is 1. The maximum atomic E-state index is 14.0. The molecule has 0 aliphatic carbocycles. The van der Waals surface area contributed by atoms with Crippen LogP contribution in [0, 0.1) is 17.7 Å². The van der Waals surface area contributed by atoms with Crippen LogP contribution in [0.2, 0.25) is 0 Å². The zero-order valence-corrected chi connectivity index (χ0v) is 15.9. The summed E-state index contributed by atoms with van der Waals surface area (Å²) in [6.45, 7) is 2.19. The Hall–Kier alpha value is -2.81. The highest BCUT2D eigenvalue weighted by atomic mass is 19.1. The van der Waals surface area contributed by atoms with Crippen molar-refractivity contribution in [3.8, 4) is 0 Å². The number of amides is 3. The molecule has 4 atom stereocenters. The van der Waals surface area contributed by atoms with Crippen molar-refractivity contribution in [2.24, 2.45) is 11.8 Å². The van der Waals surface area contributed by atoms with Gasteiger partial charge in [-0.3, -0.25) is 29.4 Å². The number of rotatable bonds is 6. The van der Waals surface area contributed by atoms with E-state index in [1.54, 1.807) is 0 Å². The number of unbranched alkanes of at least 4 members (excludes halogenated alkanes) is 1. The van der Waals surface area contributed by atoms with Gasteiger partial charge in [0.2, 0.25) is 17.7 Å². The summed E-state index contributed by atoms with van der Waals surface area (Å²) in [6, 6.07) is 3.15. The van der Waals surface area contributed by atoms with E-state index in [2.05, 4.69) is 10.6 Å². The Morgan fingerprint density at radius 1 is 1.28 bits per heavy atom. The largest absolute Gasteiger partial charge is 0.481 e. The van der Waals surface area contributed by atoms with Crippen molar-refractivity contribution in [3.63, 3.8) is 0 Å². The first-order valence-electron chi connectivity index (χ1n) is 9.77. The minimum Gasteiger partial charge on any atom is -0.481 e. The summed E-state index contributed by atoms with van der Waals surface area (Å²) in [7, 11) is 0. The number of hydrogen-bond donors (Lipinski definition) is 3. The van der Waals surface area contributed by atoms with Crippen molar-refractivity contribution in [1.82, 2.24) is 10.2 Å². The Bertz CT molecular complexity index is 919. The molecule has 0 bridgehead atoms. The normalized spacial score (nSPS) is 30.1. The molecule has 8 nitrogen and oxygen atoms in total. The second-order valence-electron chi connectivity index (χ2n) is 7.82. The van der Waals surface area contributed by atoms with Crippen LogP contribution in [0.15, 0.2) is 18.2 Å². The van der Waals surface area contributed by atoms with Gasteiger partial charge < -0.3 is 10.4 Å². The Labute approximate surface area is 166 Å². The third kappa shape index (κ3) is 2.75. The number of benzene rings is 1. The molecule has 2 saturated heterocycles. The maximum Gasteiger partial charge on any atom is 0.303 e. The molecule has 3 aliphatic heterocycles. The minimum absolute atomic E-state index is 0.0802. The number of fused-ring (bicyclic) bond motifs is 4. The first kappa shape index (κ1) is 19.5. The smallest absolute Gasteiger partial charge is 0.303 e. The van der Waals surface area contributed by atoms with E-state index in [9.17, 15) is 23.6 Å². The van der Waals surface area contributed by atoms with Gasteiger partial charge in [-0.1, -0.05) is 13.3 Å². The number of anilines is 1. The quantitative estimate of drug-likeness (QED) is 0.615. The molecular weight excluding hydrogens is 381 g/mol. The first-order valence-corrected chi connectivity index (χ1v) is 9.77. The number of aliphatic carboxylic acids is 1. The lowest BCUT2D eigenvalue weighted by atomic mass is 9.76. The van der Waals surface area contributed by atoms with Crippen LogP contribution in [-0.4, -0.2) is 46.3 Å². The summed E-state index contributed by atoms with van der Waals surface area (Å²) in [5.41, 5.74) is -0.915. The van der Waals surface area contributed by atoms with E-state index in [-0.39, 0.29) is 24.9 Å². The molecule has 1 aromatic carbocycles. The molecule has 154 valence electrons. The third-order valence-electron chi connectivity index (χ3n) is 6.17. The van der Waals surface area contributed by atoms with Crippen LogP contribution in [-0.2, 0) is 24.7 Å². The van der Waals surface area contributed by atoms with Gasteiger partial charge in [0, 0.05) is 30.3 Å². The monoisotopic (exact) mass is 403 g/mol. The first-order chi connectivity index (χ1) is 13.8. The lowest BCUT2D eigenvalue weighted by molar-refractivity contribution is -0.143. The van der Waals surface area contributed by atoms with E-state index >= 15 is 0 Å². The second-order valence-corrected chi connectivity index (χ2v) is 7.82.